The number of nitrogens with two attached hydrogens (primary N) is 2. The molecule has 0 aromatic carbocycles. The molecule has 5 rings (SSSR count). The number of nitrogens with one attached hydrogen (secondary N) is 1. The molecule has 5 aliphatic rings. The molecule has 11 heteroatoms. The maximum Gasteiger partial charge on any atom is 0.0913 e. The molecule has 0 radical (unpaired) electrons. The Balaban J connectivity index is 0.000000371. The molecule has 348 valence electrons. The highest BCUT2D eigenvalue weighted by Crippen LogP contribution is 2.27. The first-order valence-electron chi connectivity index (χ1n) is 22.9. The lowest BCUT2D eigenvalue weighted by Gasteiger charge is -2.26. The van der Waals surface area contributed by atoms with Crippen molar-refractivity contribution in [3.05, 3.63) is 24.8 Å². The fraction of sp³-hybridized carbons (Fsp3) is 0.896. The largest absolute Gasteiger partial charge is 0.386 e. The molecule has 0 bridgehead atoms. The molecule has 0 unspecified atom stereocenters. The van der Waals surface area contributed by atoms with Gasteiger partial charge >= 0.3 is 0 Å². The fourth-order valence-corrected chi connectivity index (χ4v) is 8.30. The van der Waals surface area contributed by atoms with Crippen LogP contribution in [0.4, 0.5) is 0 Å². The summed E-state index contributed by atoms with van der Waals surface area (Å²) in [5.74, 6) is 2.33. The zero-order valence-corrected chi connectivity index (χ0v) is 42.0. The Hall–Kier alpha value is -1.50. The van der Waals surface area contributed by atoms with Crippen molar-refractivity contribution < 1.29 is 18.9 Å². The molecule has 5 N–H and O–H groups in total. The van der Waals surface area contributed by atoms with Crippen LogP contribution >= 0.6 is 11.8 Å². The van der Waals surface area contributed by atoms with E-state index < -0.39 is 0 Å². The van der Waals surface area contributed by atoms with E-state index in [1.165, 1.54) is 69.9 Å². The van der Waals surface area contributed by atoms with Crippen molar-refractivity contribution in [3.8, 4) is 0 Å². The summed E-state index contributed by atoms with van der Waals surface area (Å²) in [5, 5.41) is 3.52. The van der Waals surface area contributed by atoms with Gasteiger partial charge in [-0.05, 0) is 155 Å². The molecule has 0 aromatic rings. The van der Waals surface area contributed by atoms with E-state index in [1.807, 2.05) is 11.8 Å². The van der Waals surface area contributed by atoms with Gasteiger partial charge in [0, 0.05) is 56.3 Å². The average molecular weight is 853 g/mol. The first-order chi connectivity index (χ1) is 27.1. The SMILES string of the molecule is C=C(N)N1CC[C@@H](OC(C)(C)C)C1.C=C(N)N1CC[C@H](OC(C)(C)C)C1.CC(C)(C)OC1CCCC1.CC(C)(C)OC1CCCC1.CSCNC(C)(C)CC1=NCCC1. The number of hydrogen-bond acceptors (Lipinski definition) is 11. The highest BCUT2D eigenvalue weighted by molar-refractivity contribution is 7.98. The topological polar surface area (TPSA) is 120 Å². The van der Waals surface area contributed by atoms with E-state index in [-0.39, 0.29) is 27.9 Å². The van der Waals surface area contributed by atoms with Crippen LogP contribution in [-0.2, 0) is 18.9 Å². The van der Waals surface area contributed by atoms with E-state index in [1.54, 1.807) is 0 Å². The molecule has 2 aliphatic carbocycles. The summed E-state index contributed by atoms with van der Waals surface area (Å²) in [7, 11) is 0. The van der Waals surface area contributed by atoms with Crippen molar-refractivity contribution in [2.45, 2.75) is 233 Å². The molecule has 2 atom stereocenters. The van der Waals surface area contributed by atoms with E-state index in [2.05, 4.69) is 136 Å². The number of aliphatic imine (C=N–C) groups is 1. The number of thioether (sulfide) groups is 1. The molecule has 0 aromatic heterocycles. The summed E-state index contributed by atoms with van der Waals surface area (Å²) in [4.78, 5) is 8.63. The zero-order valence-electron chi connectivity index (χ0n) is 41.2. The van der Waals surface area contributed by atoms with Gasteiger partial charge in [0.05, 0.1) is 58.5 Å². The zero-order chi connectivity index (χ0) is 45.1. The molecule has 0 amide bonds. The first-order valence-corrected chi connectivity index (χ1v) is 24.3. The summed E-state index contributed by atoms with van der Waals surface area (Å²) in [6.45, 7) is 41.9. The lowest BCUT2D eigenvalue weighted by Crippen LogP contribution is -2.40. The Morgan fingerprint density at radius 2 is 0.966 bits per heavy atom. The minimum Gasteiger partial charge on any atom is -0.386 e. The highest BCUT2D eigenvalue weighted by Gasteiger charge is 2.28. The summed E-state index contributed by atoms with van der Waals surface area (Å²) in [6.07, 6.45) is 20.1. The number of rotatable bonds is 11. The third kappa shape index (κ3) is 29.4. The summed E-state index contributed by atoms with van der Waals surface area (Å²) in [5.41, 5.74) is 12.8. The van der Waals surface area contributed by atoms with E-state index in [0.29, 0.717) is 36.1 Å². The second kappa shape index (κ2) is 26.2. The molecule has 4 fully saturated rings. The Labute approximate surface area is 369 Å². The van der Waals surface area contributed by atoms with Crippen LogP contribution in [0, 0.1) is 0 Å². The second-order valence-corrected chi connectivity index (χ2v) is 22.5. The van der Waals surface area contributed by atoms with Gasteiger partial charge in [-0.1, -0.05) is 38.8 Å². The number of hydrogen-bond donors (Lipinski definition) is 3. The molecule has 10 nitrogen and oxygen atoms in total. The van der Waals surface area contributed by atoms with Gasteiger partial charge < -0.3 is 45.5 Å². The van der Waals surface area contributed by atoms with E-state index >= 15 is 0 Å². The van der Waals surface area contributed by atoms with E-state index in [0.717, 1.165) is 57.9 Å². The first kappa shape index (κ1) is 55.5. The predicted octanol–water partition coefficient (Wildman–Crippen LogP) is 10.4. The van der Waals surface area contributed by atoms with Gasteiger partial charge in [0.15, 0.2) is 0 Å². The van der Waals surface area contributed by atoms with Crippen molar-refractivity contribution in [1.82, 2.24) is 15.1 Å². The minimum absolute atomic E-state index is 0.0589. The number of ether oxygens (including phenoxy) is 4. The minimum atomic E-state index is -0.0589. The molecule has 2 saturated carbocycles. The predicted molar refractivity (Wildman–Crippen MR) is 256 cm³/mol. The molecular formula is C48H96N6O4S. The summed E-state index contributed by atoms with van der Waals surface area (Å²) >= 11 is 1.84. The van der Waals surface area contributed by atoms with Crippen LogP contribution in [0.15, 0.2) is 29.8 Å². The molecular weight excluding hydrogens is 757 g/mol. The van der Waals surface area contributed by atoms with Gasteiger partial charge in [-0.3, -0.25) is 4.99 Å². The van der Waals surface area contributed by atoms with Gasteiger partial charge in [0.1, 0.15) is 0 Å². The Kier molecular flexibility index (Phi) is 24.7. The normalized spacial score (nSPS) is 21.7. The van der Waals surface area contributed by atoms with Crippen LogP contribution in [0.2, 0.25) is 0 Å². The molecule has 3 heterocycles. The van der Waals surface area contributed by atoms with E-state index in [4.69, 9.17) is 30.4 Å². The van der Waals surface area contributed by atoms with Crippen molar-refractivity contribution in [2.75, 3.05) is 44.9 Å². The van der Waals surface area contributed by atoms with Crippen molar-refractivity contribution in [2.24, 2.45) is 16.5 Å². The summed E-state index contributed by atoms with van der Waals surface area (Å²) < 4.78 is 23.3. The summed E-state index contributed by atoms with van der Waals surface area (Å²) in [6, 6.07) is 0. The third-order valence-corrected chi connectivity index (χ3v) is 10.5. The van der Waals surface area contributed by atoms with Gasteiger partial charge in [-0.15, -0.1) is 11.8 Å². The maximum atomic E-state index is 5.84. The Morgan fingerprint density at radius 3 is 1.24 bits per heavy atom. The number of likely N-dealkylation sites (tertiary alicyclic amines) is 2. The molecule has 59 heavy (non-hydrogen) atoms. The van der Waals surface area contributed by atoms with Gasteiger partial charge in [-0.2, -0.15) is 0 Å². The second-order valence-electron chi connectivity index (χ2n) is 21.7. The molecule has 2 saturated heterocycles. The van der Waals surface area contributed by atoms with Crippen LogP contribution < -0.4 is 16.8 Å². The van der Waals surface area contributed by atoms with Crippen molar-refractivity contribution >= 4 is 17.5 Å². The quantitative estimate of drug-likeness (QED) is 0.173. The molecule has 3 aliphatic heterocycles. The highest BCUT2D eigenvalue weighted by atomic mass is 32.2. The van der Waals surface area contributed by atoms with E-state index in [9.17, 15) is 0 Å². The smallest absolute Gasteiger partial charge is 0.0913 e. The van der Waals surface area contributed by atoms with Gasteiger partial charge in [0.2, 0.25) is 0 Å². The standard InChI is InChI=1S/2C10H20N2O.C10H20N2S.2C9H18O/c2*1-8(11)12-6-5-9(7-12)13-10(2,3)4;1-10(2,12-8-13-3)7-9-5-4-6-11-9;2*1-9(2,3)10-8-6-4-5-7-8/h2*9H,1,5-7,11H2,2-4H3;12H,4-8H2,1-3H3;2*8H,4-7H2,1-3H3/t2*9-;;;/m10.../s1. The lowest BCUT2D eigenvalue weighted by atomic mass is 9.96. The third-order valence-electron chi connectivity index (χ3n) is 10.1. The van der Waals surface area contributed by atoms with Crippen LogP contribution in [0.1, 0.15) is 180 Å². The van der Waals surface area contributed by atoms with Crippen LogP contribution in [0.5, 0.6) is 0 Å². The average Bonchev–Trinajstić information content (AvgIpc) is 3.91. The van der Waals surface area contributed by atoms with Crippen LogP contribution in [0.25, 0.3) is 0 Å². The Bertz CT molecular complexity index is 1130. The van der Waals surface area contributed by atoms with Gasteiger partial charge in [0.25, 0.3) is 0 Å². The maximum absolute atomic E-state index is 5.84. The van der Waals surface area contributed by atoms with Crippen LogP contribution in [-0.4, -0.2) is 113 Å². The Morgan fingerprint density at radius 1 is 0.610 bits per heavy atom. The molecule has 0 spiro atoms. The lowest BCUT2D eigenvalue weighted by molar-refractivity contribution is -0.0562. The number of nitrogens with zero attached hydrogens (tertiary/aromatic N) is 3. The van der Waals surface area contributed by atoms with Crippen LogP contribution in [0.3, 0.4) is 0 Å². The van der Waals surface area contributed by atoms with Crippen molar-refractivity contribution in [1.29, 1.82) is 0 Å². The monoisotopic (exact) mass is 853 g/mol. The van der Waals surface area contributed by atoms with Gasteiger partial charge in [-0.25, -0.2) is 0 Å². The fourth-order valence-electron chi connectivity index (χ4n) is 7.77. The van der Waals surface area contributed by atoms with Crippen molar-refractivity contribution in [3.63, 3.8) is 0 Å².